The summed E-state index contributed by atoms with van der Waals surface area (Å²) >= 11 is 0. The number of hydrogen-bond acceptors (Lipinski definition) is 6. The number of carbonyl (C=O) groups is 2. The molecule has 0 bridgehead atoms. The van der Waals surface area contributed by atoms with E-state index in [9.17, 15) is 14.7 Å². The van der Waals surface area contributed by atoms with Gasteiger partial charge >= 0.3 is 0 Å². The predicted octanol–water partition coefficient (Wildman–Crippen LogP) is 3.02. The molecule has 0 radical (unpaired) electrons. The Bertz CT molecular complexity index is 968. The molecule has 1 unspecified atom stereocenters. The monoisotopic (exact) mass is 421 g/mol. The van der Waals surface area contributed by atoms with Gasteiger partial charge in [-0.15, -0.1) is 0 Å². The molecule has 0 spiro atoms. The lowest BCUT2D eigenvalue weighted by Crippen LogP contribution is -2.32. The minimum Gasteiger partial charge on any atom is -0.507 e. The van der Waals surface area contributed by atoms with Gasteiger partial charge in [-0.25, -0.2) is 0 Å². The molecule has 1 amide bonds. The second-order valence-corrected chi connectivity index (χ2v) is 7.55. The summed E-state index contributed by atoms with van der Waals surface area (Å²) < 4.78 is 5.47. The number of benzene rings is 1. The fourth-order valence-corrected chi connectivity index (χ4v) is 3.58. The lowest BCUT2D eigenvalue weighted by molar-refractivity contribution is -0.139. The van der Waals surface area contributed by atoms with Crippen molar-refractivity contribution in [3.8, 4) is 5.75 Å². The standard InChI is InChI=1S/C24H27N3O4/c1-4-16-31-19-8-6-18(7-9-19)22(28)20-21(17-10-12-25-13-11-17)27(24(30)23(20)29)15-5-14-26(2)3/h4,6-13,21,28H,1,5,14-16H2,2-3H3/b22-20+. The fraction of sp³-hybridized carbons (Fsp3) is 0.292. The first-order chi connectivity index (χ1) is 14.9. The van der Waals surface area contributed by atoms with E-state index in [0.29, 0.717) is 30.9 Å². The lowest BCUT2D eigenvalue weighted by atomic mass is 9.96. The molecule has 162 valence electrons. The Morgan fingerprint density at radius 3 is 2.48 bits per heavy atom. The zero-order valence-corrected chi connectivity index (χ0v) is 17.8. The second-order valence-electron chi connectivity index (χ2n) is 7.55. The van der Waals surface area contributed by atoms with Gasteiger partial charge in [0.05, 0.1) is 11.6 Å². The molecule has 7 heteroatoms. The highest BCUT2D eigenvalue weighted by molar-refractivity contribution is 6.46. The van der Waals surface area contributed by atoms with Crippen LogP contribution in [0.2, 0.25) is 0 Å². The molecule has 1 aromatic carbocycles. The Labute approximate surface area is 182 Å². The Morgan fingerprint density at radius 2 is 1.87 bits per heavy atom. The van der Waals surface area contributed by atoms with Gasteiger partial charge in [0.1, 0.15) is 18.1 Å². The molecule has 1 saturated heterocycles. The van der Waals surface area contributed by atoms with Crippen LogP contribution in [0.3, 0.4) is 0 Å². The molecule has 2 heterocycles. The van der Waals surface area contributed by atoms with Crippen molar-refractivity contribution in [3.05, 3.63) is 78.1 Å². The Kier molecular flexibility index (Phi) is 7.20. The molecular formula is C24H27N3O4. The smallest absolute Gasteiger partial charge is 0.295 e. The van der Waals surface area contributed by atoms with E-state index in [0.717, 1.165) is 12.1 Å². The number of likely N-dealkylation sites (tertiary alicyclic amines) is 1. The van der Waals surface area contributed by atoms with Crippen LogP contribution in [0.1, 0.15) is 23.6 Å². The van der Waals surface area contributed by atoms with Crippen LogP contribution in [0.4, 0.5) is 0 Å². The fourth-order valence-electron chi connectivity index (χ4n) is 3.58. The minimum atomic E-state index is -0.684. The average Bonchev–Trinajstić information content (AvgIpc) is 3.03. The third-order valence-electron chi connectivity index (χ3n) is 5.06. The van der Waals surface area contributed by atoms with Gasteiger partial charge in [0.2, 0.25) is 0 Å². The largest absolute Gasteiger partial charge is 0.507 e. The molecule has 1 atom stereocenters. The second kappa shape index (κ2) is 10.0. The van der Waals surface area contributed by atoms with E-state index in [1.165, 1.54) is 4.90 Å². The van der Waals surface area contributed by atoms with E-state index in [1.54, 1.807) is 54.9 Å². The number of ketones is 1. The van der Waals surface area contributed by atoms with Crippen molar-refractivity contribution in [3.63, 3.8) is 0 Å². The van der Waals surface area contributed by atoms with Crippen LogP contribution in [0.25, 0.3) is 5.76 Å². The minimum absolute atomic E-state index is 0.0841. The van der Waals surface area contributed by atoms with E-state index < -0.39 is 17.7 Å². The molecule has 0 aliphatic carbocycles. The number of Topliss-reactive ketones (excluding diaryl/α,β-unsaturated/α-hetero) is 1. The predicted molar refractivity (Wildman–Crippen MR) is 119 cm³/mol. The average molecular weight is 421 g/mol. The number of aliphatic hydroxyl groups excluding tert-OH is 1. The van der Waals surface area contributed by atoms with Gasteiger partial charge in [0, 0.05) is 24.5 Å². The molecule has 1 aliphatic rings. The first kappa shape index (κ1) is 22.2. The van der Waals surface area contributed by atoms with Crippen molar-refractivity contribution < 1.29 is 19.4 Å². The maximum Gasteiger partial charge on any atom is 0.295 e. The topological polar surface area (TPSA) is 83.0 Å². The number of aliphatic hydroxyl groups is 1. The van der Waals surface area contributed by atoms with E-state index in [2.05, 4.69) is 11.6 Å². The number of aromatic nitrogens is 1. The number of carbonyl (C=O) groups excluding carboxylic acids is 2. The number of ether oxygens (including phenoxy) is 1. The molecule has 1 aromatic heterocycles. The highest BCUT2D eigenvalue weighted by Crippen LogP contribution is 2.39. The van der Waals surface area contributed by atoms with Gasteiger partial charge in [0.25, 0.3) is 11.7 Å². The lowest BCUT2D eigenvalue weighted by Gasteiger charge is -2.25. The van der Waals surface area contributed by atoms with Crippen molar-refractivity contribution in [1.29, 1.82) is 0 Å². The zero-order valence-electron chi connectivity index (χ0n) is 17.8. The molecule has 7 nitrogen and oxygen atoms in total. The van der Waals surface area contributed by atoms with E-state index in [1.807, 2.05) is 19.0 Å². The van der Waals surface area contributed by atoms with Crippen molar-refractivity contribution >= 4 is 17.4 Å². The van der Waals surface area contributed by atoms with Crippen molar-refractivity contribution in [2.24, 2.45) is 0 Å². The van der Waals surface area contributed by atoms with E-state index >= 15 is 0 Å². The summed E-state index contributed by atoms with van der Waals surface area (Å²) in [5.41, 5.74) is 1.25. The summed E-state index contributed by atoms with van der Waals surface area (Å²) in [6, 6.07) is 9.58. The van der Waals surface area contributed by atoms with Gasteiger partial charge in [-0.2, -0.15) is 0 Å². The Hall–Kier alpha value is -3.45. The van der Waals surface area contributed by atoms with Crippen LogP contribution in [0.15, 0.2) is 67.0 Å². The van der Waals surface area contributed by atoms with Gasteiger partial charge in [-0.3, -0.25) is 14.6 Å². The summed E-state index contributed by atoms with van der Waals surface area (Å²) in [6.45, 7) is 5.16. The molecule has 31 heavy (non-hydrogen) atoms. The van der Waals surface area contributed by atoms with Crippen LogP contribution in [0.5, 0.6) is 5.75 Å². The molecule has 1 N–H and O–H groups in total. The van der Waals surface area contributed by atoms with Gasteiger partial charge in [-0.1, -0.05) is 12.7 Å². The SMILES string of the molecule is C=CCOc1ccc(/C(O)=C2\C(=O)C(=O)N(CCCN(C)C)C2c2ccncc2)cc1. The highest BCUT2D eigenvalue weighted by atomic mass is 16.5. The Balaban J connectivity index is 2.00. The molecule has 3 rings (SSSR count). The zero-order chi connectivity index (χ0) is 22.4. The maximum absolute atomic E-state index is 12.9. The van der Waals surface area contributed by atoms with Crippen LogP contribution in [-0.2, 0) is 9.59 Å². The van der Waals surface area contributed by atoms with E-state index in [4.69, 9.17) is 4.74 Å². The molecule has 2 aromatic rings. The Morgan fingerprint density at radius 1 is 1.19 bits per heavy atom. The summed E-state index contributed by atoms with van der Waals surface area (Å²) in [6.07, 6.45) is 5.57. The number of nitrogens with zero attached hydrogens (tertiary/aromatic N) is 3. The quantitative estimate of drug-likeness (QED) is 0.290. The van der Waals surface area contributed by atoms with Crippen LogP contribution >= 0.6 is 0 Å². The molecular weight excluding hydrogens is 394 g/mol. The summed E-state index contributed by atoms with van der Waals surface area (Å²) in [5, 5.41) is 11.0. The van der Waals surface area contributed by atoms with Crippen LogP contribution < -0.4 is 4.74 Å². The third-order valence-corrected chi connectivity index (χ3v) is 5.06. The number of hydrogen-bond donors (Lipinski definition) is 1. The van der Waals surface area contributed by atoms with Crippen LogP contribution in [0, 0.1) is 0 Å². The molecule has 1 aliphatic heterocycles. The summed E-state index contributed by atoms with van der Waals surface area (Å²) in [7, 11) is 3.91. The van der Waals surface area contributed by atoms with Crippen LogP contribution in [-0.4, -0.2) is 65.4 Å². The first-order valence-electron chi connectivity index (χ1n) is 10.1. The summed E-state index contributed by atoms with van der Waals surface area (Å²) in [4.78, 5) is 33.4. The highest BCUT2D eigenvalue weighted by Gasteiger charge is 2.45. The normalized spacial score (nSPS) is 17.9. The van der Waals surface area contributed by atoms with Crippen molar-refractivity contribution in [2.75, 3.05) is 33.8 Å². The molecule has 1 fully saturated rings. The number of rotatable bonds is 9. The van der Waals surface area contributed by atoms with E-state index in [-0.39, 0.29) is 11.3 Å². The third kappa shape index (κ3) is 5.00. The summed E-state index contributed by atoms with van der Waals surface area (Å²) in [5.74, 6) is -0.874. The van der Waals surface area contributed by atoms with Crippen molar-refractivity contribution in [2.45, 2.75) is 12.5 Å². The van der Waals surface area contributed by atoms with Crippen molar-refractivity contribution in [1.82, 2.24) is 14.8 Å². The number of pyridine rings is 1. The van der Waals surface area contributed by atoms with Gasteiger partial charge < -0.3 is 19.6 Å². The number of amides is 1. The van der Waals surface area contributed by atoms with Gasteiger partial charge in [-0.05, 0) is 69.0 Å². The first-order valence-corrected chi connectivity index (χ1v) is 10.1. The van der Waals surface area contributed by atoms with Gasteiger partial charge in [0.15, 0.2) is 0 Å². The molecule has 0 saturated carbocycles. The maximum atomic E-state index is 12.9.